The van der Waals surface area contributed by atoms with E-state index in [2.05, 4.69) is 4.98 Å². The molecule has 0 fully saturated rings. The Morgan fingerprint density at radius 3 is 2.61 bits per heavy atom. The number of hydrogen-bond donors (Lipinski definition) is 3. The zero-order valence-corrected chi connectivity index (χ0v) is 11.5. The molecule has 1 aromatic rings. The van der Waals surface area contributed by atoms with Crippen molar-refractivity contribution in [2.24, 2.45) is 0 Å². The highest BCUT2D eigenvalue weighted by Gasteiger charge is 2.23. The van der Waals surface area contributed by atoms with Gasteiger partial charge in [0.05, 0.1) is 6.10 Å². The van der Waals surface area contributed by atoms with Gasteiger partial charge in [-0.05, 0) is 25.5 Å². The molecule has 0 bridgehead atoms. The molecule has 100 valence electrons. The Kier molecular flexibility index (Phi) is 5.13. The summed E-state index contributed by atoms with van der Waals surface area (Å²) in [7, 11) is 0. The minimum absolute atomic E-state index is 0.0925. The van der Waals surface area contributed by atoms with Gasteiger partial charge in [0.25, 0.3) is 0 Å². The fourth-order valence-corrected chi connectivity index (χ4v) is 2.39. The zero-order chi connectivity index (χ0) is 13.9. The number of hydrogen-bond acceptors (Lipinski definition) is 6. The van der Waals surface area contributed by atoms with Crippen molar-refractivity contribution in [3.63, 3.8) is 0 Å². The van der Waals surface area contributed by atoms with Gasteiger partial charge in [-0.25, -0.2) is 4.98 Å². The minimum Gasteiger partial charge on any atom is -0.389 e. The first-order valence-electron chi connectivity index (χ1n) is 5.56. The summed E-state index contributed by atoms with van der Waals surface area (Å²) in [5.74, 6) is 0.535. The fourth-order valence-electron chi connectivity index (χ4n) is 1.80. The second-order valence-electron chi connectivity index (χ2n) is 4.18. The number of carbonyl (C=O) groups excluding carboxylic acids is 1. The van der Waals surface area contributed by atoms with Gasteiger partial charge in [0, 0.05) is 23.9 Å². The van der Waals surface area contributed by atoms with Crippen LogP contribution in [0.25, 0.3) is 0 Å². The Morgan fingerprint density at radius 2 is 2.11 bits per heavy atom. The van der Waals surface area contributed by atoms with Gasteiger partial charge < -0.3 is 15.9 Å². The number of aryl methyl sites for hydroxylation is 2. The molecule has 0 radical (unpaired) electrons. The Bertz CT molecular complexity index is 428. The van der Waals surface area contributed by atoms with Crippen LogP contribution >= 0.6 is 11.8 Å². The quantitative estimate of drug-likeness (QED) is 0.754. The lowest BCUT2D eigenvalue weighted by Crippen LogP contribution is -2.23. The van der Waals surface area contributed by atoms with Crippen LogP contribution in [0.3, 0.4) is 0 Å². The Hall–Kier alpha value is -1.11. The lowest BCUT2D eigenvalue weighted by Gasteiger charge is -2.21. The number of carbonyl (C=O) groups is 1. The molecule has 2 atom stereocenters. The third kappa shape index (κ3) is 3.69. The van der Waals surface area contributed by atoms with Gasteiger partial charge >= 0.3 is 0 Å². The van der Waals surface area contributed by atoms with Gasteiger partial charge in [-0.2, -0.15) is 0 Å². The predicted molar refractivity (Wildman–Crippen MR) is 72.2 cm³/mol. The molecule has 0 aromatic carbocycles. The summed E-state index contributed by atoms with van der Waals surface area (Å²) in [4.78, 5) is 14.9. The monoisotopic (exact) mass is 270 g/mol. The average Bonchev–Trinajstić information content (AvgIpc) is 2.24. The van der Waals surface area contributed by atoms with Crippen LogP contribution in [0.2, 0.25) is 0 Å². The molecule has 0 aliphatic carbocycles. The van der Waals surface area contributed by atoms with E-state index in [1.54, 1.807) is 19.9 Å². The molecule has 2 unspecified atom stereocenters. The van der Waals surface area contributed by atoms with Crippen LogP contribution in [-0.2, 0) is 4.79 Å². The van der Waals surface area contributed by atoms with Crippen LogP contribution in [0.5, 0.6) is 0 Å². The summed E-state index contributed by atoms with van der Waals surface area (Å²) in [6, 6.07) is 1.65. The van der Waals surface area contributed by atoms with E-state index in [0.717, 1.165) is 17.3 Å². The van der Waals surface area contributed by atoms with Gasteiger partial charge in [0.1, 0.15) is 11.9 Å². The third-order valence-corrected chi connectivity index (χ3v) is 3.51. The number of nitrogen functional groups attached to an aromatic ring is 1. The molecule has 18 heavy (non-hydrogen) atoms. The molecule has 0 aliphatic heterocycles. The normalized spacial score (nSPS) is 14.3. The Labute approximate surface area is 110 Å². The maximum Gasteiger partial charge on any atom is 0.185 e. The summed E-state index contributed by atoms with van der Waals surface area (Å²) in [5, 5.41) is 19.9. The molecular weight excluding hydrogens is 252 g/mol. The first kappa shape index (κ1) is 14.9. The molecule has 5 nitrogen and oxygen atoms in total. The molecule has 0 saturated heterocycles. The van der Waals surface area contributed by atoms with E-state index in [4.69, 9.17) is 5.73 Å². The highest BCUT2D eigenvalue weighted by molar-refractivity contribution is 8.13. The van der Waals surface area contributed by atoms with Crippen LogP contribution in [0.15, 0.2) is 6.07 Å². The highest BCUT2D eigenvalue weighted by atomic mass is 32.2. The summed E-state index contributed by atoms with van der Waals surface area (Å²) in [6.45, 7) is 4.95. The predicted octanol–water partition coefficient (Wildman–Crippen LogP) is 0.955. The molecule has 0 amide bonds. The zero-order valence-electron chi connectivity index (χ0n) is 10.7. The van der Waals surface area contributed by atoms with E-state index in [1.165, 1.54) is 6.92 Å². The van der Waals surface area contributed by atoms with Crippen LogP contribution in [0.4, 0.5) is 5.82 Å². The summed E-state index contributed by atoms with van der Waals surface area (Å²) in [6.07, 6.45) is -2.08. The number of nitrogens with two attached hydrogens (primary N) is 1. The van der Waals surface area contributed by atoms with Gasteiger partial charge in [-0.15, -0.1) is 0 Å². The first-order valence-corrected chi connectivity index (χ1v) is 6.54. The van der Waals surface area contributed by atoms with E-state index in [-0.39, 0.29) is 10.9 Å². The van der Waals surface area contributed by atoms with Crippen LogP contribution in [0.1, 0.15) is 29.8 Å². The van der Waals surface area contributed by atoms with E-state index < -0.39 is 12.2 Å². The number of nitrogens with zero attached hydrogens (tertiary/aromatic N) is 1. The van der Waals surface area contributed by atoms with Crippen LogP contribution in [0, 0.1) is 13.8 Å². The SMILES string of the molecule is CC(=O)SCC(O)C(O)c1c(C)cc(N)nc1C. The molecule has 0 aliphatic rings. The maximum absolute atomic E-state index is 10.8. The number of aliphatic hydroxyl groups is 2. The Morgan fingerprint density at radius 1 is 1.50 bits per heavy atom. The number of pyridine rings is 1. The standard InChI is InChI=1S/C12H18N2O3S/c1-6-4-10(13)14-7(2)11(6)12(17)9(16)5-18-8(3)15/h4,9,12,16-17H,5H2,1-3H3,(H2,13,14). The van der Waals surface area contributed by atoms with Crippen molar-refractivity contribution < 1.29 is 15.0 Å². The summed E-state index contributed by atoms with van der Waals surface area (Å²) < 4.78 is 0. The number of anilines is 1. The van der Waals surface area contributed by atoms with E-state index in [0.29, 0.717) is 17.1 Å². The van der Waals surface area contributed by atoms with Crippen molar-refractivity contribution in [1.82, 2.24) is 4.98 Å². The number of aromatic nitrogens is 1. The first-order chi connectivity index (χ1) is 8.32. The fraction of sp³-hybridized carbons (Fsp3) is 0.500. The molecule has 6 heteroatoms. The van der Waals surface area contributed by atoms with Crippen molar-refractivity contribution in [3.8, 4) is 0 Å². The molecular formula is C12H18N2O3S. The molecule has 0 spiro atoms. The largest absolute Gasteiger partial charge is 0.389 e. The summed E-state index contributed by atoms with van der Waals surface area (Å²) >= 11 is 0.983. The Balaban J connectivity index is 2.89. The molecule has 1 heterocycles. The molecule has 0 saturated carbocycles. The van der Waals surface area contributed by atoms with Crippen molar-refractivity contribution in [2.45, 2.75) is 33.0 Å². The smallest absolute Gasteiger partial charge is 0.185 e. The van der Waals surface area contributed by atoms with E-state index in [1.807, 2.05) is 0 Å². The van der Waals surface area contributed by atoms with Crippen molar-refractivity contribution >= 4 is 22.7 Å². The second-order valence-corrected chi connectivity index (χ2v) is 5.37. The lowest BCUT2D eigenvalue weighted by atomic mass is 9.99. The van der Waals surface area contributed by atoms with Gasteiger partial charge in [0.15, 0.2) is 5.12 Å². The molecule has 4 N–H and O–H groups in total. The lowest BCUT2D eigenvalue weighted by molar-refractivity contribution is -0.109. The van der Waals surface area contributed by atoms with Gasteiger partial charge in [-0.3, -0.25) is 4.79 Å². The minimum atomic E-state index is -1.06. The van der Waals surface area contributed by atoms with E-state index in [9.17, 15) is 15.0 Å². The van der Waals surface area contributed by atoms with Gasteiger partial charge in [0.2, 0.25) is 0 Å². The third-order valence-electron chi connectivity index (χ3n) is 2.59. The number of aliphatic hydroxyl groups excluding tert-OH is 2. The van der Waals surface area contributed by atoms with Crippen LogP contribution in [-0.4, -0.2) is 32.2 Å². The molecule has 1 aromatic heterocycles. The van der Waals surface area contributed by atoms with Crippen LogP contribution < -0.4 is 5.73 Å². The van der Waals surface area contributed by atoms with Gasteiger partial charge in [-0.1, -0.05) is 11.8 Å². The highest BCUT2D eigenvalue weighted by Crippen LogP contribution is 2.26. The molecule has 1 rings (SSSR count). The topological polar surface area (TPSA) is 96.4 Å². The second kappa shape index (κ2) is 6.17. The number of thioether (sulfide) groups is 1. The maximum atomic E-state index is 10.8. The van der Waals surface area contributed by atoms with Crippen molar-refractivity contribution in [3.05, 3.63) is 22.9 Å². The number of rotatable bonds is 4. The van der Waals surface area contributed by atoms with Crippen molar-refractivity contribution in [1.29, 1.82) is 0 Å². The average molecular weight is 270 g/mol. The van der Waals surface area contributed by atoms with Crippen molar-refractivity contribution in [2.75, 3.05) is 11.5 Å². The van der Waals surface area contributed by atoms with E-state index >= 15 is 0 Å². The summed E-state index contributed by atoms with van der Waals surface area (Å²) in [5.41, 5.74) is 7.54.